The minimum absolute atomic E-state index is 0.119. The number of hydrogen-bond donors (Lipinski definition) is 2. The van der Waals surface area contributed by atoms with E-state index in [-0.39, 0.29) is 11.8 Å². The molecule has 1 heterocycles. The lowest BCUT2D eigenvalue weighted by Gasteiger charge is -2.21. The highest BCUT2D eigenvalue weighted by Crippen LogP contribution is 2.27. The predicted octanol–water partition coefficient (Wildman–Crippen LogP) is 1.20. The zero-order chi connectivity index (χ0) is 15.8. The minimum Gasteiger partial charge on any atom is -0.496 e. The molecule has 0 atom stereocenters. The summed E-state index contributed by atoms with van der Waals surface area (Å²) in [5.74, 6) is 2.25. The first-order valence-corrected chi connectivity index (χ1v) is 7.57. The molecular formula is C16H24N2O4. The van der Waals surface area contributed by atoms with Crippen molar-refractivity contribution in [3.8, 4) is 17.2 Å². The molecule has 6 nitrogen and oxygen atoms in total. The van der Waals surface area contributed by atoms with Crippen molar-refractivity contribution < 1.29 is 19.0 Å². The second kappa shape index (κ2) is 8.48. The Morgan fingerprint density at radius 1 is 1.14 bits per heavy atom. The van der Waals surface area contributed by atoms with Crippen molar-refractivity contribution in [3.05, 3.63) is 18.2 Å². The van der Waals surface area contributed by atoms with Crippen molar-refractivity contribution in [2.24, 2.45) is 5.92 Å². The predicted molar refractivity (Wildman–Crippen MR) is 83.6 cm³/mol. The summed E-state index contributed by atoms with van der Waals surface area (Å²) in [7, 11) is 3.19. The van der Waals surface area contributed by atoms with Crippen LogP contribution in [0.2, 0.25) is 0 Å². The van der Waals surface area contributed by atoms with Crippen LogP contribution in [-0.4, -0.2) is 46.4 Å². The number of piperidine rings is 1. The van der Waals surface area contributed by atoms with E-state index in [1.807, 2.05) is 0 Å². The van der Waals surface area contributed by atoms with Crippen LogP contribution in [-0.2, 0) is 4.79 Å². The topological polar surface area (TPSA) is 68.8 Å². The first-order chi connectivity index (χ1) is 10.7. The average Bonchev–Trinajstić information content (AvgIpc) is 2.58. The molecule has 1 aromatic rings. The number of hydrogen-bond acceptors (Lipinski definition) is 5. The molecule has 2 rings (SSSR count). The maximum atomic E-state index is 12.0. The second-order valence-electron chi connectivity index (χ2n) is 5.21. The highest BCUT2D eigenvalue weighted by Gasteiger charge is 2.20. The van der Waals surface area contributed by atoms with Crippen LogP contribution in [0.1, 0.15) is 12.8 Å². The van der Waals surface area contributed by atoms with Crippen LogP contribution in [0.5, 0.6) is 17.2 Å². The molecule has 1 aromatic carbocycles. The Labute approximate surface area is 131 Å². The van der Waals surface area contributed by atoms with Crippen LogP contribution < -0.4 is 24.8 Å². The van der Waals surface area contributed by atoms with E-state index in [2.05, 4.69) is 10.6 Å². The van der Waals surface area contributed by atoms with Gasteiger partial charge in [0.2, 0.25) is 5.91 Å². The van der Waals surface area contributed by atoms with E-state index in [0.717, 1.165) is 25.9 Å². The third kappa shape index (κ3) is 4.80. The van der Waals surface area contributed by atoms with Gasteiger partial charge in [-0.05, 0) is 25.9 Å². The molecule has 6 heteroatoms. The number of methoxy groups -OCH3 is 2. The molecule has 0 spiro atoms. The van der Waals surface area contributed by atoms with Crippen LogP contribution in [0.3, 0.4) is 0 Å². The molecule has 1 aliphatic heterocycles. The fraction of sp³-hybridized carbons (Fsp3) is 0.562. The van der Waals surface area contributed by atoms with Gasteiger partial charge in [0, 0.05) is 24.1 Å². The van der Waals surface area contributed by atoms with Gasteiger partial charge in [-0.15, -0.1) is 0 Å². The summed E-state index contributed by atoms with van der Waals surface area (Å²) in [4.78, 5) is 12.0. The van der Waals surface area contributed by atoms with Gasteiger partial charge in [-0.3, -0.25) is 4.79 Å². The van der Waals surface area contributed by atoms with Gasteiger partial charge in [-0.1, -0.05) is 0 Å². The van der Waals surface area contributed by atoms with Crippen LogP contribution in [0.15, 0.2) is 18.2 Å². The first kappa shape index (κ1) is 16.4. The van der Waals surface area contributed by atoms with Crippen LogP contribution in [0.4, 0.5) is 0 Å². The molecule has 0 aromatic heterocycles. The maximum Gasteiger partial charge on any atom is 0.223 e. The zero-order valence-corrected chi connectivity index (χ0v) is 13.2. The van der Waals surface area contributed by atoms with E-state index >= 15 is 0 Å². The Kier molecular flexibility index (Phi) is 6.33. The van der Waals surface area contributed by atoms with E-state index in [0.29, 0.717) is 30.4 Å². The number of benzene rings is 1. The average molecular weight is 308 g/mol. The lowest BCUT2D eigenvalue weighted by atomic mass is 9.97. The molecule has 22 heavy (non-hydrogen) atoms. The molecule has 1 amide bonds. The summed E-state index contributed by atoms with van der Waals surface area (Å²) in [6, 6.07) is 5.36. The fourth-order valence-corrected chi connectivity index (χ4v) is 2.44. The largest absolute Gasteiger partial charge is 0.496 e. The molecular weight excluding hydrogens is 284 g/mol. The lowest BCUT2D eigenvalue weighted by Crippen LogP contribution is -2.39. The van der Waals surface area contributed by atoms with Gasteiger partial charge in [0.25, 0.3) is 0 Å². The second-order valence-corrected chi connectivity index (χ2v) is 5.21. The van der Waals surface area contributed by atoms with Gasteiger partial charge < -0.3 is 24.8 Å². The molecule has 2 N–H and O–H groups in total. The number of amides is 1. The Hall–Kier alpha value is -1.95. The maximum absolute atomic E-state index is 12.0. The van der Waals surface area contributed by atoms with Gasteiger partial charge in [0.05, 0.1) is 20.8 Å². The standard InChI is InChI=1S/C16H24N2O4/c1-20-13-9-14(21-2)11-15(10-13)22-8-7-18-16(19)12-3-5-17-6-4-12/h9-12,17H,3-8H2,1-2H3,(H,18,19). The molecule has 1 fully saturated rings. The molecule has 1 saturated heterocycles. The summed E-state index contributed by atoms with van der Waals surface area (Å²) in [5, 5.41) is 6.18. The number of nitrogens with one attached hydrogen (secondary N) is 2. The van der Waals surface area contributed by atoms with Crippen LogP contribution in [0, 0.1) is 5.92 Å². The number of ether oxygens (including phenoxy) is 3. The lowest BCUT2D eigenvalue weighted by molar-refractivity contribution is -0.125. The summed E-state index contributed by atoms with van der Waals surface area (Å²) in [5.41, 5.74) is 0. The highest BCUT2D eigenvalue weighted by atomic mass is 16.5. The zero-order valence-electron chi connectivity index (χ0n) is 13.2. The Balaban J connectivity index is 1.75. The van der Waals surface area contributed by atoms with Crippen LogP contribution in [0.25, 0.3) is 0 Å². The van der Waals surface area contributed by atoms with Gasteiger partial charge in [0.1, 0.15) is 23.9 Å². The molecule has 0 radical (unpaired) electrons. The summed E-state index contributed by atoms with van der Waals surface area (Å²) >= 11 is 0. The van der Waals surface area contributed by atoms with E-state index < -0.39 is 0 Å². The Bertz CT molecular complexity index is 465. The van der Waals surface area contributed by atoms with Gasteiger partial charge in [0.15, 0.2) is 0 Å². The Morgan fingerprint density at radius 2 is 1.73 bits per heavy atom. The molecule has 0 bridgehead atoms. The number of carbonyl (C=O) groups is 1. The number of rotatable bonds is 7. The van der Waals surface area contributed by atoms with Crippen molar-refractivity contribution in [3.63, 3.8) is 0 Å². The third-order valence-electron chi connectivity index (χ3n) is 3.70. The van der Waals surface area contributed by atoms with Crippen molar-refractivity contribution >= 4 is 5.91 Å². The minimum atomic E-state index is 0.119. The fourth-order valence-electron chi connectivity index (χ4n) is 2.44. The van der Waals surface area contributed by atoms with E-state index in [1.165, 1.54) is 0 Å². The molecule has 0 aliphatic carbocycles. The van der Waals surface area contributed by atoms with Crippen molar-refractivity contribution in [1.82, 2.24) is 10.6 Å². The van der Waals surface area contributed by atoms with Crippen molar-refractivity contribution in [2.45, 2.75) is 12.8 Å². The highest BCUT2D eigenvalue weighted by molar-refractivity contribution is 5.78. The Morgan fingerprint density at radius 3 is 2.32 bits per heavy atom. The van der Waals surface area contributed by atoms with Crippen molar-refractivity contribution in [1.29, 1.82) is 0 Å². The van der Waals surface area contributed by atoms with E-state index in [9.17, 15) is 4.79 Å². The number of carbonyl (C=O) groups excluding carboxylic acids is 1. The van der Waals surface area contributed by atoms with Gasteiger partial charge >= 0.3 is 0 Å². The van der Waals surface area contributed by atoms with Gasteiger partial charge in [-0.2, -0.15) is 0 Å². The summed E-state index contributed by atoms with van der Waals surface area (Å²) in [6.07, 6.45) is 1.81. The first-order valence-electron chi connectivity index (χ1n) is 7.57. The molecule has 0 saturated carbocycles. The normalized spacial score (nSPS) is 15.2. The monoisotopic (exact) mass is 308 g/mol. The van der Waals surface area contributed by atoms with E-state index in [1.54, 1.807) is 32.4 Å². The third-order valence-corrected chi connectivity index (χ3v) is 3.70. The summed E-state index contributed by atoms with van der Waals surface area (Å²) < 4.78 is 16.0. The smallest absolute Gasteiger partial charge is 0.223 e. The van der Waals surface area contributed by atoms with E-state index in [4.69, 9.17) is 14.2 Å². The van der Waals surface area contributed by atoms with Gasteiger partial charge in [-0.25, -0.2) is 0 Å². The van der Waals surface area contributed by atoms with Crippen LogP contribution >= 0.6 is 0 Å². The van der Waals surface area contributed by atoms with Crippen molar-refractivity contribution in [2.75, 3.05) is 40.5 Å². The molecule has 1 aliphatic rings. The molecule has 122 valence electrons. The quantitative estimate of drug-likeness (QED) is 0.741. The SMILES string of the molecule is COc1cc(OC)cc(OCCNC(=O)C2CCNCC2)c1. The summed E-state index contributed by atoms with van der Waals surface area (Å²) in [6.45, 7) is 2.73. The molecule has 0 unspecified atom stereocenters.